The normalized spacial score (nSPS) is 11.5. The van der Waals surface area contributed by atoms with Gasteiger partial charge in [0.05, 0.1) is 4.80 Å². The van der Waals surface area contributed by atoms with Gasteiger partial charge in [-0.2, -0.15) is 0 Å². The minimum absolute atomic E-state index is 0.130. The maximum atomic E-state index is 2.24. The van der Waals surface area contributed by atoms with Gasteiger partial charge in [-0.3, -0.25) is 0 Å². The zero-order valence-corrected chi connectivity index (χ0v) is 19.4. The van der Waals surface area contributed by atoms with E-state index in [2.05, 4.69) is 150 Å². The second-order valence-corrected chi connectivity index (χ2v) is 9.32. The summed E-state index contributed by atoms with van der Waals surface area (Å²) in [4.78, 5) is 2.20. The molecule has 4 aromatic carbocycles. The largest absolute Gasteiger partial charge is 0.272 e. The average Bonchev–Trinajstić information content (AvgIpc) is 3.30. The quantitative estimate of drug-likeness (QED) is 0.310. The molecule has 162 valence electrons. The monoisotopic (exact) mass is 431 g/mol. The lowest BCUT2D eigenvalue weighted by Crippen LogP contribution is -2.52. The maximum absolute atomic E-state index is 2.24. The first-order chi connectivity index (χ1) is 16.0. The van der Waals surface area contributed by atoms with E-state index in [1.165, 1.54) is 16.7 Å². The van der Waals surface area contributed by atoms with Gasteiger partial charge in [0.2, 0.25) is 11.4 Å². The Bertz CT molecular complexity index is 1340. The van der Waals surface area contributed by atoms with Crippen molar-refractivity contribution in [1.29, 1.82) is 0 Å². The molecule has 0 radical (unpaired) electrons. The smallest absolute Gasteiger partial charge is 0.0622 e. The molecule has 5 aromatic rings. The maximum Gasteiger partial charge on any atom is 0.272 e. The van der Waals surface area contributed by atoms with Crippen LogP contribution >= 0.6 is 0 Å². The number of hydrogen-bond donors (Lipinski definition) is 0. The van der Waals surface area contributed by atoms with E-state index in [4.69, 9.17) is 0 Å². The summed E-state index contributed by atoms with van der Waals surface area (Å²) in [7, 11) is 0. The summed E-state index contributed by atoms with van der Waals surface area (Å²) in [6.45, 7) is 6.73. The molecule has 1 aromatic heterocycles. The first kappa shape index (κ1) is 20.9. The molecule has 0 N–H and O–H groups in total. The van der Waals surface area contributed by atoms with Crippen molar-refractivity contribution in [2.75, 3.05) is 0 Å². The number of para-hydroxylation sites is 1. The predicted molar refractivity (Wildman–Crippen MR) is 133 cm³/mol. The highest BCUT2D eigenvalue weighted by atomic mass is 15.6. The fraction of sp³-hybridized carbons (Fsp3) is 0.133. The third-order valence-corrected chi connectivity index (χ3v) is 5.98. The van der Waals surface area contributed by atoms with Crippen molar-refractivity contribution in [2.45, 2.75) is 26.2 Å². The van der Waals surface area contributed by atoms with Crippen molar-refractivity contribution in [3.8, 4) is 28.2 Å². The highest BCUT2D eigenvalue weighted by molar-refractivity contribution is 5.63. The molecule has 0 atom stereocenters. The Morgan fingerprint density at radius 2 is 0.970 bits per heavy atom. The van der Waals surface area contributed by atoms with Gasteiger partial charge in [0.25, 0.3) is 12.4 Å². The van der Waals surface area contributed by atoms with E-state index in [-0.39, 0.29) is 5.41 Å². The summed E-state index contributed by atoms with van der Waals surface area (Å²) in [5, 5.41) is 0. The lowest BCUT2D eigenvalue weighted by molar-refractivity contribution is -0.834. The topological polar surface area (TPSA) is 12.7 Å². The highest BCUT2D eigenvalue weighted by Gasteiger charge is 2.28. The van der Waals surface area contributed by atoms with Gasteiger partial charge < -0.3 is 0 Å². The third kappa shape index (κ3) is 4.22. The SMILES string of the molecule is CC(C)(C)c1ccc(-[n+]2cc[n+](-c3ccc(-c4ccccc4)cc3)n2-c2ccccc2)cc1. The van der Waals surface area contributed by atoms with Crippen molar-refractivity contribution in [3.05, 3.63) is 127 Å². The minimum atomic E-state index is 0.130. The van der Waals surface area contributed by atoms with Gasteiger partial charge in [-0.25, -0.2) is 0 Å². The van der Waals surface area contributed by atoms with E-state index in [0.29, 0.717) is 0 Å². The van der Waals surface area contributed by atoms with E-state index in [0.717, 1.165) is 17.1 Å². The van der Waals surface area contributed by atoms with E-state index in [9.17, 15) is 0 Å². The van der Waals surface area contributed by atoms with Crippen LogP contribution in [0.3, 0.4) is 0 Å². The molecular formula is C30H29N3+2. The van der Waals surface area contributed by atoms with Crippen molar-refractivity contribution < 1.29 is 9.36 Å². The van der Waals surface area contributed by atoms with Crippen LogP contribution in [-0.2, 0) is 5.41 Å². The molecule has 3 heteroatoms. The zero-order valence-electron chi connectivity index (χ0n) is 19.4. The van der Waals surface area contributed by atoms with Gasteiger partial charge in [0.15, 0.2) is 5.69 Å². The molecule has 3 nitrogen and oxygen atoms in total. The number of aromatic nitrogens is 3. The van der Waals surface area contributed by atoms with Crippen molar-refractivity contribution in [2.24, 2.45) is 0 Å². The summed E-state index contributed by atoms with van der Waals surface area (Å²) < 4.78 is 4.37. The number of hydrogen-bond acceptors (Lipinski definition) is 0. The number of rotatable bonds is 4. The second kappa shape index (κ2) is 8.51. The van der Waals surface area contributed by atoms with Gasteiger partial charge in [0.1, 0.15) is 0 Å². The highest BCUT2D eigenvalue weighted by Crippen LogP contribution is 2.22. The van der Waals surface area contributed by atoms with Gasteiger partial charge in [-0.1, -0.05) is 81.4 Å². The Balaban J connectivity index is 1.60. The van der Waals surface area contributed by atoms with Crippen molar-refractivity contribution >= 4 is 0 Å². The standard InChI is InChI=1S/C30H29N3/c1-30(2,3)26-16-20-28(21-17-26)32-23-22-31(33(32)29-12-8-5-9-13-29)27-18-14-25(15-19-27)24-10-6-4-7-11-24/h4-23H,1-3H3/q+2. The average molecular weight is 432 g/mol. The van der Waals surface area contributed by atoms with E-state index in [1.54, 1.807) is 0 Å². The molecule has 33 heavy (non-hydrogen) atoms. The van der Waals surface area contributed by atoms with E-state index in [1.807, 2.05) is 6.07 Å². The summed E-state index contributed by atoms with van der Waals surface area (Å²) in [5.41, 5.74) is 7.20. The molecule has 0 aliphatic rings. The molecule has 5 rings (SSSR count). The fourth-order valence-electron chi connectivity index (χ4n) is 4.11. The van der Waals surface area contributed by atoms with Crippen molar-refractivity contribution in [3.63, 3.8) is 0 Å². The molecule has 0 bridgehead atoms. The van der Waals surface area contributed by atoms with Crippen LogP contribution in [0.1, 0.15) is 26.3 Å². The van der Waals surface area contributed by atoms with Crippen LogP contribution in [0.5, 0.6) is 0 Å². The molecule has 1 heterocycles. The predicted octanol–water partition coefficient (Wildman–Crippen LogP) is 6.00. The Labute approximate surface area is 195 Å². The summed E-state index contributed by atoms with van der Waals surface area (Å²) in [5.74, 6) is 0. The fourth-order valence-corrected chi connectivity index (χ4v) is 4.11. The Hall–Kier alpha value is -3.98. The third-order valence-electron chi connectivity index (χ3n) is 5.98. The van der Waals surface area contributed by atoms with Gasteiger partial charge in [0, 0.05) is 24.3 Å². The molecular weight excluding hydrogens is 402 g/mol. The van der Waals surface area contributed by atoms with Crippen LogP contribution in [-0.4, -0.2) is 4.80 Å². The minimum Gasteiger partial charge on any atom is -0.0622 e. The van der Waals surface area contributed by atoms with Crippen LogP contribution < -0.4 is 9.36 Å². The van der Waals surface area contributed by atoms with Crippen LogP contribution in [0.4, 0.5) is 0 Å². The molecule has 0 saturated carbocycles. The lowest BCUT2D eigenvalue weighted by Gasteiger charge is -2.18. The molecule has 0 spiro atoms. The molecule has 0 amide bonds. The van der Waals surface area contributed by atoms with Crippen molar-refractivity contribution in [1.82, 2.24) is 4.80 Å². The van der Waals surface area contributed by atoms with Crippen LogP contribution in [0.15, 0.2) is 122 Å². The summed E-state index contributed by atoms with van der Waals surface area (Å²) in [6.07, 6.45) is 4.23. The second-order valence-electron chi connectivity index (χ2n) is 9.32. The summed E-state index contributed by atoms with van der Waals surface area (Å²) >= 11 is 0. The first-order valence-electron chi connectivity index (χ1n) is 11.4. The van der Waals surface area contributed by atoms with Crippen LogP contribution in [0.25, 0.3) is 28.2 Å². The van der Waals surface area contributed by atoms with Gasteiger partial charge in [-0.05, 0) is 55.7 Å². The van der Waals surface area contributed by atoms with Gasteiger partial charge >= 0.3 is 0 Å². The molecule has 0 saturated heterocycles. The molecule has 0 aliphatic carbocycles. The Morgan fingerprint density at radius 1 is 0.515 bits per heavy atom. The van der Waals surface area contributed by atoms with Crippen LogP contribution in [0.2, 0.25) is 0 Å². The van der Waals surface area contributed by atoms with E-state index >= 15 is 0 Å². The number of benzene rings is 4. The lowest BCUT2D eigenvalue weighted by atomic mass is 9.87. The molecule has 0 fully saturated rings. The Morgan fingerprint density at radius 3 is 1.48 bits per heavy atom. The summed E-state index contributed by atoms with van der Waals surface area (Å²) in [6, 6.07) is 38.5. The van der Waals surface area contributed by atoms with Gasteiger partial charge in [-0.15, -0.1) is 0 Å². The number of nitrogens with zero attached hydrogens (tertiary/aromatic N) is 3. The molecule has 0 unspecified atom stereocenters. The zero-order chi connectivity index (χ0) is 22.8. The first-order valence-corrected chi connectivity index (χ1v) is 11.4. The molecule has 0 aliphatic heterocycles. The van der Waals surface area contributed by atoms with Crippen LogP contribution in [0, 0.1) is 0 Å². The Kier molecular flexibility index (Phi) is 5.39. The van der Waals surface area contributed by atoms with E-state index < -0.39 is 0 Å².